The van der Waals surface area contributed by atoms with E-state index in [0.29, 0.717) is 0 Å². The number of carbonyl (C=O) groups is 1. The lowest BCUT2D eigenvalue weighted by atomic mass is 9.97. The number of unbranched alkanes of at least 4 members (excludes halogenated alkanes) is 2. The lowest BCUT2D eigenvalue weighted by molar-refractivity contribution is -0.148. The molecule has 1 atom stereocenters. The molecule has 0 aromatic heterocycles. The van der Waals surface area contributed by atoms with E-state index >= 15 is 0 Å². The van der Waals surface area contributed by atoms with Gasteiger partial charge in [0.25, 0.3) is 0 Å². The second-order valence-electron chi connectivity index (χ2n) is 6.05. The van der Waals surface area contributed by atoms with Gasteiger partial charge in [-0.15, -0.1) is 0 Å². The largest absolute Gasteiger partial charge is 0.468 e. The summed E-state index contributed by atoms with van der Waals surface area (Å²) in [6, 6.07) is 0. The number of rotatable bonds is 13. The minimum Gasteiger partial charge on any atom is -0.468 e. The van der Waals surface area contributed by atoms with Crippen LogP contribution in [0.4, 0.5) is 0 Å². The molecule has 0 radical (unpaired) electrons. The molecule has 0 aromatic carbocycles. The summed E-state index contributed by atoms with van der Waals surface area (Å²) in [4.78, 5) is 14.6. The summed E-state index contributed by atoms with van der Waals surface area (Å²) >= 11 is 0. The van der Waals surface area contributed by atoms with Gasteiger partial charge in [0.15, 0.2) is 0 Å². The minimum absolute atomic E-state index is 0.151. The standard InChI is InChI=1S/C17H36N2O2/c1-6-9-13-19(14-10-7-2)15-11-17(4,16(20)21-5)18-12-8-3/h18H,6-15H2,1-5H3. The molecule has 1 unspecified atom stereocenters. The third kappa shape index (κ3) is 8.42. The Morgan fingerprint density at radius 3 is 2.05 bits per heavy atom. The smallest absolute Gasteiger partial charge is 0.325 e. The maximum absolute atomic E-state index is 12.1. The van der Waals surface area contributed by atoms with E-state index in [0.717, 1.165) is 39.0 Å². The second kappa shape index (κ2) is 12.0. The van der Waals surface area contributed by atoms with Crippen LogP contribution in [-0.4, -0.2) is 49.7 Å². The van der Waals surface area contributed by atoms with Crippen LogP contribution in [0, 0.1) is 0 Å². The van der Waals surface area contributed by atoms with Gasteiger partial charge in [-0.1, -0.05) is 33.6 Å². The maximum atomic E-state index is 12.1. The molecule has 0 amide bonds. The Kier molecular flexibility index (Phi) is 11.6. The molecule has 4 heteroatoms. The van der Waals surface area contributed by atoms with Crippen molar-refractivity contribution in [1.29, 1.82) is 0 Å². The van der Waals surface area contributed by atoms with Crippen molar-refractivity contribution in [1.82, 2.24) is 10.2 Å². The highest BCUT2D eigenvalue weighted by molar-refractivity contribution is 5.80. The molecule has 0 fully saturated rings. The third-order valence-electron chi connectivity index (χ3n) is 3.98. The van der Waals surface area contributed by atoms with Crippen LogP contribution < -0.4 is 5.32 Å². The average Bonchev–Trinajstić information content (AvgIpc) is 2.51. The molecule has 0 saturated heterocycles. The van der Waals surface area contributed by atoms with Crippen LogP contribution in [0.3, 0.4) is 0 Å². The van der Waals surface area contributed by atoms with Gasteiger partial charge in [0.05, 0.1) is 7.11 Å². The first-order valence-corrected chi connectivity index (χ1v) is 8.59. The lowest BCUT2D eigenvalue weighted by Gasteiger charge is -2.31. The highest BCUT2D eigenvalue weighted by Crippen LogP contribution is 2.14. The number of nitrogens with zero attached hydrogens (tertiary/aromatic N) is 1. The Labute approximate surface area is 131 Å². The van der Waals surface area contributed by atoms with E-state index in [1.807, 2.05) is 6.92 Å². The van der Waals surface area contributed by atoms with E-state index < -0.39 is 5.54 Å². The molecule has 0 saturated carbocycles. The lowest BCUT2D eigenvalue weighted by Crippen LogP contribution is -2.52. The van der Waals surface area contributed by atoms with E-state index in [2.05, 4.69) is 31.0 Å². The summed E-state index contributed by atoms with van der Waals surface area (Å²) in [5, 5.41) is 3.36. The molecule has 0 rings (SSSR count). The van der Waals surface area contributed by atoms with E-state index in [1.165, 1.54) is 32.8 Å². The minimum atomic E-state index is -0.568. The van der Waals surface area contributed by atoms with Crippen molar-refractivity contribution in [3.8, 4) is 0 Å². The van der Waals surface area contributed by atoms with Gasteiger partial charge in [0, 0.05) is 6.54 Å². The number of hydrogen-bond acceptors (Lipinski definition) is 4. The van der Waals surface area contributed by atoms with Gasteiger partial charge >= 0.3 is 5.97 Å². The van der Waals surface area contributed by atoms with Crippen molar-refractivity contribution >= 4 is 5.97 Å². The summed E-state index contributed by atoms with van der Waals surface area (Å²) < 4.78 is 4.99. The van der Waals surface area contributed by atoms with Gasteiger partial charge < -0.3 is 15.0 Å². The first-order valence-electron chi connectivity index (χ1n) is 8.59. The van der Waals surface area contributed by atoms with Gasteiger partial charge in [-0.25, -0.2) is 0 Å². The molecule has 0 aliphatic carbocycles. The molecule has 0 heterocycles. The fourth-order valence-electron chi connectivity index (χ4n) is 2.37. The van der Waals surface area contributed by atoms with Crippen LogP contribution >= 0.6 is 0 Å². The highest BCUT2D eigenvalue weighted by Gasteiger charge is 2.33. The van der Waals surface area contributed by atoms with Crippen molar-refractivity contribution in [3.05, 3.63) is 0 Å². The van der Waals surface area contributed by atoms with Crippen molar-refractivity contribution in [2.24, 2.45) is 0 Å². The summed E-state index contributed by atoms with van der Waals surface area (Å²) in [5.41, 5.74) is -0.568. The number of esters is 1. The van der Waals surface area contributed by atoms with Crippen LogP contribution in [-0.2, 0) is 9.53 Å². The van der Waals surface area contributed by atoms with E-state index in [4.69, 9.17) is 4.74 Å². The molecule has 0 bridgehead atoms. The molecule has 0 spiro atoms. The number of nitrogens with one attached hydrogen (secondary N) is 1. The van der Waals surface area contributed by atoms with Crippen molar-refractivity contribution in [2.75, 3.05) is 33.3 Å². The quantitative estimate of drug-likeness (QED) is 0.530. The monoisotopic (exact) mass is 300 g/mol. The zero-order valence-electron chi connectivity index (χ0n) is 14.8. The second-order valence-corrected chi connectivity index (χ2v) is 6.05. The topological polar surface area (TPSA) is 41.6 Å². The molecule has 0 aromatic rings. The van der Waals surface area contributed by atoms with Gasteiger partial charge in [-0.3, -0.25) is 4.79 Å². The van der Waals surface area contributed by atoms with Gasteiger partial charge in [0.2, 0.25) is 0 Å². The van der Waals surface area contributed by atoms with Crippen LogP contribution in [0.2, 0.25) is 0 Å². The summed E-state index contributed by atoms with van der Waals surface area (Å²) in [7, 11) is 1.47. The summed E-state index contributed by atoms with van der Waals surface area (Å²) in [6.45, 7) is 12.6. The van der Waals surface area contributed by atoms with Gasteiger partial charge in [-0.2, -0.15) is 0 Å². The van der Waals surface area contributed by atoms with Gasteiger partial charge in [0.1, 0.15) is 5.54 Å². The number of hydrogen-bond donors (Lipinski definition) is 1. The Bertz CT molecular complexity index is 264. The van der Waals surface area contributed by atoms with E-state index in [-0.39, 0.29) is 5.97 Å². The summed E-state index contributed by atoms with van der Waals surface area (Å²) in [5.74, 6) is -0.151. The van der Waals surface area contributed by atoms with Crippen LogP contribution in [0.25, 0.3) is 0 Å². The Morgan fingerprint density at radius 2 is 1.62 bits per heavy atom. The van der Waals surface area contributed by atoms with Crippen molar-refractivity contribution in [2.45, 2.75) is 71.8 Å². The zero-order chi connectivity index (χ0) is 16.1. The fraction of sp³-hybridized carbons (Fsp3) is 0.941. The SMILES string of the molecule is CCCCN(CCCC)CCC(C)(NCCC)C(=O)OC. The molecular formula is C17H36N2O2. The first-order chi connectivity index (χ1) is 10.0. The Hall–Kier alpha value is -0.610. The van der Waals surface area contributed by atoms with Crippen LogP contribution in [0.1, 0.15) is 66.2 Å². The predicted octanol–water partition coefficient (Wildman–Crippen LogP) is 3.21. The van der Waals surface area contributed by atoms with Gasteiger partial charge in [-0.05, 0) is 52.2 Å². The highest BCUT2D eigenvalue weighted by atomic mass is 16.5. The molecule has 1 N–H and O–H groups in total. The maximum Gasteiger partial charge on any atom is 0.325 e. The molecule has 126 valence electrons. The molecule has 21 heavy (non-hydrogen) atoms. The van der Waals surface area contributed by atoms with Crippen molar-refractivity contribution < 1.29 is 9.53 Å². The van der Waals surface area contributed by atoms with E-state index in [1.54, 1.807) is 0 Å². The molecular weight excluding hydrogens is 264 g/mol. The average molecular weight is 300 g/mol. The first kappa shape index (κ1) is 20.4. The van der Waals surface area contributed by atoms with Crippen LogP contribution in [0.5, 0.6) is 0 Å². The van der Waals surface area contributed by atoms with E-state index in [9.17, 15) is 4.79 Å². The number of methoxy groups -OCH3 is 1. The normalized spacial score (nSPS) is 14.2. The molecule has 0 aliphatic rings. The van der Waals surface area contributed by atoms with Crippen LogP contribution in [0.15, 0.2) is 0 Å². The predicted molar refractivity (Wildman–Crippen MR) is 89.6 cm³/mol. The molecule has 0 aliphatic heterocycles. The fourth-order valence-corrected chi connectivity index (χ4v) is 2.37. The summed E-state index contributed by atoms with van der Waals surface area (Å²) in [6.07, 6.45) is 6.69. The Morgan fingerprint density at radius 1 is 1.05 bits per heavy atom. The van der Waals surface area contributed by atoms with Crippen molar-refractivity contribution in [3.63, 3.8) is 0 Å². The Balaban J connectivity index is 4.53. The number of carbonyl (C=O) groups excluding carboxylic acids is 1. The molecule has 4 nitrogen and oxygen atoms in total. The third-order valence-corrected chi connectivity index (χ3v) is 3.98. The zero-order valence-corrected chi connectivity index (χ0v) is 14.8. The number of ether oxygens (including phenoxy) is 1.